The fraction of sp³-hybridized carbons (Fsp3) is 0.833. The second-order valence-electron chi connectivity index (χ2n) is 2.12. The van der Waals surface area contributed by atoms with Gasteiger partial charge in [0.25, 0.3) is 0 Å². The van der Waals surface area contributed by atoms with E-state index in [0.29, 0.717) is 0 Å². The number of hydrogen-bond donors (Lipinski definition) is 5. The Morgan fingerprint density at radius 1 is 1.33 bits per heavy atom. The summed E-state index contributed by atoms with van der Waals surface area (Å²) >= 11 is 0. The molecular formula is C6H12O6. The summed E-state index contributed by atoms with van der Waals surface area (Å²) in [5.41, 5.74) is 0. The molecule has 0 fully saturated rings. The molecule has 0 aliphatic carbocycles. The lowest BCUT2D eigenvalue weighted by molar-refractivity contribution is -0.144. The smallest absolute Gasteiger partial charge is 0.194 e. The van der Waals surface area contributed by atoms with Gasteiger partial charge < -0.3 is 25.5 Å². The summed E-state index contributed by atoms with van der Waals surface area (Å²) in [6.07, 6.45) is -6.59. The van der Waals surface area contributed by atoms with Crippen molar-refractivity contribution in [1.82, 2.24) is 0 Å². The zero-order valence-electron chi connectivity index (χ0n) is 8.08. The molecule has 0 spiro atoms. The highest BCUT2D eigenvalue weighted by Crippen LogP contribution is 1.98. The van der Waals surface area contributed by atoms with Crippen molar-refractivity contribution in [2.45, 2.75) is 18.3 Å². The fourth-order valence-corrected chi connectivity index (χ4v) is 0.513. The van der Waals surface area contributed by atoms with E-state index in [2.05, 4.69) is 0 Å². The van der Waals surface area contributed by atoms with Crippen LogP contribution < -0.4 is 0 Å². The average Bonchev–Trinajstić information content (AvgIpc) is 2.11. The van der Waals surface area contributed by atoms with Crippen LogP contribution in [0.1, 0.15) is 2.74 Å². The second kappa shape index (κ2) is 5.18. The molecule has 3 atom stereocenters. The van der Waals surface area contributed by atoms with Gasteiger partial charge in [0.1, 0.15) is 18.3 Å². The van der Waals surface area contributed by atoms with Gasteiger partial charge in [-0.3, -0.25) is 4.79 Å². The molecule has 0 aliphatic rings. The van der Waals surface area contributed by atoms with Gasteiger partial charge in [-0.15, -0.1) is 0 Å². The Morgan fingerprint density at radius 3 is 2.17 bits per heavy atom. The van der Waals surface area contributed by atoms with Crippen molar-refractivity contribution in [3.63, 3.8) is 0 Å². The maximum atomic E-state index is 10.9. The van der Waals surface area contributed by atoms with Gasteiger partial charge in [0, 0.05) is 0 Å². The van der Waals surface area contributed by atoms with Crippen LogP contribution >= 0.6 is 0 Å². The number of aliphatic hydroxyl groups is 5. The minimum Gasteiger partial charge on any atom is -0.394 e. The van der Waals surface area contributed by atoms with Crippen LogP contribution in [0.15, 0.2) is 0 Å². The Balaban J connectivity index is 4.47. The first-order chi connectivity index (χ1) is 6.21. The quantitative estimate of drug-likeness (QED) is 0.303. The highest BCUT2D eigenvalue weighted by Gasteiger charge is 2.28. The number of Topliss-reactive ketones (excluding diaryl/α,β-unsaturated/α-hetero) is 1. The van der Waals surface area contributed by atoms with Gasteiger partial charge in [0.05, 0.1) is 15.9 Å². The number of hydrogen-bond acceptors (Lipinski definition) is 6. The van der Waals surface area contributed by atoms with Gasteiger partial charge in [0.2, 0.25) is 0 Å². The van der Waals surface area contributed by atoms with E-state index < -0.39 is 37.3 Å². The zero-order valence-corrected chi connectivity index (χ0v) is 6.08. The number of carbonyl (C=O) groups excluding carboxylic acids is 1. The first-order valence-electron chi connectivity index (χ1n) is 4.13. The van der Waals surface area contributed by atoms with E-state index in [1.54, 1.807) is 0 Å². The topological polar surface area (TPSA) is 118 Å². The van der Waals surface area contributed by atoms with E-state index in [9.17, 15) is 4.79 Å². The molecule has 0 amide bonds. The van der Waals surface area contributed by atoms with Gasteiger partial charge in [-0.05, 0) is 0 Å². The van der Waals surface area contributed by atoms with Crippen molar-refractivity contribution in [2.75, 3.05) is 13.2 Å². The summed E-state index contributed by atoms with van der Waals surface area (Å²) in [7, 11) is 0. The van der Waals surface area contributed by atoms with Crippen LogP contribution in [0.2, 0.25) is 0 Å². The summed E-state index contributed by atoms with van der Waals surface area (Å²) in [6, 6.07) is 0. The van der Waals surface area contributed by atoms with Crippen LogP contribution in [0.4, 0.5) is 0 Å². The van der Waals surface area contributed by atoms with E-state index in [1.165, 1.54) is 0 Å². The average molecular weight is 182 g/mol. The van der Waals surface area contributed by atoms with E-state index in [0.717, 1.165) is 0 Å². The summed E-state index contributed by atoms with van der Waals surface area (Å²) in [6.45, 7) is -4.12. The number of ketones is 1. The molecule has 0 aromatic carbocycles. The number of rotatable bonds is 5. The van der Waals surface area contributed by atoms with E-state index >= 15 is 0 Å². The molecule has 0 bridgehead atoms. The van der Waals surface area contributed by atoms with Crippen molar-refractivity contribution in [3.8, 4) is 0 Å². The maximum absolute atomic E-state index is 10.9. The lowest BCUT2D eigenvalue weighted by atomic mass is 10.1. The third-order valence-corrected chi connectivity index (χ3v) is 1.22. The third-order valence-electron chi connectivity index (χ3n) is 1.22. The van der Waals surface area contributed by atoms with Gasteiger partial charge in [0.15, 0.2) is 5.78 Å². The van der Waals surface area contributed by atoms with Crippen molar-refractivity contribution >= 4 is 5.78 Å². The van der Waals surface area contributed by atoms with Crippen LogP contribution in [0.25, 0.3) is 0 Å². The number of carbonyl (C=O) groups is 1. The molecule has 0 heterocycles. The molecule has 0 saturated carbocycles. The van der Waals surface area contributed by atoms with Gasteiger partial charge in [-0.25, -0.2) is 0 Å². The third kappa shape index (κ3) is 2.84. The molecule has 72 valence electrons. The molecule has 5 N–H and O–H groups in total. The Kier molecular flexibility index (Phi) is 3.49. The first kappa shape index (κ1) is 8.09. The van der Waals surface area contributed by atoms with Crippen molar-refractivity contribution < 1.29 is 33.1 Å². The number of aliphatic hydroxyl groups excluding tert-OH is 4. The summed E-state index contributed by atoms with van der Waals surface area (Å²) in [4.78, 5) is 10.9. The van der Waals surface area contributed by atoms with E-state index in [-0.39, 0.29) is 0 Å². The van der Waals surface area contributed by atoms with Gasteiger partial charge in [-0.1, -0.05) is 0 Å². The van der Waals surface area contributed by atoms with Gasteiger partial charge in [-0.2, -0.15) is 0 Å². The molecule has 6 heteroatoms. The van der Waals surface area contributed by atoms with Crippen LogP contribution in [-0.2, 0) is 4.79 Å². The highest BCUT2D eigenvalue weighted by molar-refractivity contribution is 5.87. The molecule has 0 saturated heterocycles. The molecule has 0 radical (unpaired) electrons. The minimum absolute atomic E-state index is 0.961. The Hall–Kier alpha value is -0.530. The van der Waals surface area contributed by atoms with Crippen LogP contribution in [0.5, 0.6) is 0 Å². The Morgan fingerprint density at radius 2 is 1.83 bits per heavy atom. The summed E-state index contributed by atoms with van der Waals surface area (Å²) in [5, 5.41) is 43.5. The Bertz CT molecular complexity index is 203. The molecule has 6 nitrogen and oxygen atoms in total. The lowest BCUT2D eigenvalue weighted by Crippen LogP contribution is -2.43. The minimum atomic E-state index is -3.16. The predicted molar refractivity (Wildman–Crippen MR) is 37.2 cm³/mol. The first-order valence-corrected chi connectivity index (χ1v) is 3.13. The van der Waals surface area contributed by atoms with Crippen LogP contribution in [0.3, 0.4) is 0 Å². The van der Waals surface area contributed by atoms with E-state index in [4.69, 9.17) is 28.3 Å². The van der Waals surface area contributed by atoms with E-state index in [1.807, 2.05) is 0 Å². The SMILES string of the molecule is [2H]C([2H])(O)[C@@H](O)[C@@H](O)C(=O)C(O)CO. The van der Waals surface area contributed by atoms with Crippen molar-refractivity contribution in [3.05, 3.63) is 0 Å². The summed E-state index contributed by atoms with van der Waals surface area (Å²) < 4.78 is 13.2. The Labute approximate surface area is 71.5 Å². The second-order valence-corrected chi connectivity index (χ2v) is 2.12. The normalized spacial score (nSPS) is 22.1. The maximum Gasteiger partial charge on any atom is 0.194 e. The molecule has 0 aromatic rings. The van der Waals surface area contributed by atoms with Crippen LogP contribution in [0, 0.1) is 0 Å². The predicted octanol–water partition coefficient (Wildman–Crippen LogP) is -3.38. The lowest BCUT2D eigenvalue weighted by Gasteiger charge is -2.16. The fourth-order valence-electron chi connectivity index (χ4n) is 0.513. The monoisotopic (exact) mass is 182 g/mol. The van der Waals surface area contributed by atoms with Crippen molar-refractivity contribution in [2.24, 2.45) is 0 Å². The molecule has 12 heavy (non-hydrogen) atoms. The molecule has 1 unspecified atom stereocenters. The molecular weight excluding hydrogens is 168 g/mol. The summed E-state index contributed by atoms with van der Waals surface area (Å²) in [5.74, 6) is -1.36. The molecule has 0 aromatic heterocycles. The van der Waals surface area contributed by atoms with Crippen LogP contribution in [-0.4, -0.2) is 62.8 Å². The highest BCUT2D eigenvalue weighted by atomic mass is 16.4. The molecule has 0 aliphatic heterocycles. The standard InChI is InChI=1S/C6H12O6/c7-1-3(9)5(11)6(12)4(10)2-8/h3-5,7-11H,1-2H2/t3-,4?,5-/m1/s1/i1D2. The largest absolute Gasteiger partial charge is 0.394 e. The van der Waals surface area contributed by atoms with Gasteiger partial charge >= 0.3 is 0 Å². The van der Waals surface area contributed by atoms with Crippen molar-refractivity contribution in [1.29, 1.82) is 0 Å². The zero-order chi connectivity index (χ0) is 11.5. The molecule has 0 rings (SSSR count).